The summed E-state index contributed by atoms with van der Waals surface area (Å²) in [6.07, 6.45) is 5.68. The Labute approximate surface area is 166 Å². The predicted molar refractivity (Wildman–Crippen MR) is 105 cm³/mol. The largest absolute Gasteiger partial charge is 0.481 e. The summed E-state index contributed by atoms with van der Waals surface area (Å²) in [6, 6.07) is 5.21. The SMILES string of the molecule is COc1ccc(C(CC(=O)OC(C)(C)C)n2ccc(CCCC(C)=O)n2)cn1. The van der Waals surface area contributed by atoms with Crippen LogP contribution in [0.15, 0.2) is 30.6 Å². The number of methoxy groups -OCH3 is 1. The number of aromatic nitrogens is 3. The molecule has 0 amide bonds. The summed E-state index contributed by atoms with van der Waals surface area (Å²) in [4.78, 5) is 27.8. The highest BCUT2D eigenvalue weighted by Gasteiger charge is 2.24. The molecule has 1 atom stereocenters. The molecule has 0 fully saturated rings. The summed E-state index contributed by atoms with van der Waals surface area (Å²) in [5.74, 6) is 0.374. The number of Topliss-reactive ketones (excluding diaryl/α,β-unsaturated/α-hetero) is 1. The van der Waals surface area contributed by atoms with E-state index in [9.17, 15) is 9.59 Å². The van der Waals surface area contributed by atoms with Crippen molar-refractivity contribution >= 4 is 11.8 Å². The second-order valence-corrected chi connectivity index (χ2v) is 7.78. The van der Waals surface area contributed by atoms with Crippen LogP contribution in [-0.4, -0.2) is 39.2 Å². The molecule has 2 aromatic rings. The average Bonchev–Trinajstić information content (AvgIpc) is 3.06. The van der Waals surface area contributed by atoms with Crippen LogP contribution in [0.5, 0.6) is 5.88 Å². The molecule has 2 aromatic heterocycles. The smallest absolute Gasteiger partial charge is 0.308 e. The van der Waals surface area contributed by atoms with Crippen LogP contribution in [-0.2, 0) is 20.7 Å². The summed E-state index contributed by atoms with van der Waals surface area (Å²) in [5, 5.41) is 4.61. The van der Waals surface area contributed by atoms with Crippen LogP contribution >= 0.6 is 0 Å². The summed E-state index contributed by atoms with van der Waals surface area (Å²) < 4.78 is 12.4. The van der Waals surface area contributed by atoms with E-state index in [1.165, 1.54) is 0 Å². The lowest BCUT2D eigenvalue weighted by Crippen LogP contribution is -2.26. The lowest BCUT2D eigenvalue weighted by molar-refractivity contribution is -0.155. The van der Waals surface area contributed by atoms with E-state index in [4.69, 9.17) is 9.47 Å². The number of esters is 1. The number of nitrogens with zero attached hydrogens (tertiary/aromatic N) is 3. The third-order valence-electron chi connectivity index (χ3n) is 4.08. The Morgan fingerprint density at radius 2 is 1.96 bits per heavy atom. The molecule has 7 heteroatoms. The van der Waals surface area contributed by atoms with Crippen molar-refractivity contribution in [2.45, 2.75) is 65.0 Å². The van der Waals surface area contributed by atoms with Crippen molar-refractivity contribution in [3.8, 4) is 5.88 Å². The number of carbonyl (C=O) groups excluding carboxylic acids is 2. The molecule has 0 saturated heterocycles. The van der Waals surface area contributed by atoms with Gasteiger partial charge in [0.1, 0.15) is 11.4 Å². The highest BCUT2D eigenvalue weighted by atomic mass is 16.6. The maximum absolute atomic E-state index is 12.4. The van der Waals surface area contributed by atoms with E-state index in [-0.39, 0.29) is 24.2 Å². The molecule has 0 radical (unpaired) electrons. The van der Waals surface area contributed by atoms with Crippen molar-refractivity contribution in [1.82, 2.24) is 14.8 Å². The molecule has 0 aliphatic heterocycles. The van der Waals surface area contributed by atoms with Crippen LogP contribution in [0.4, 0.5) is 0 Å². The van der Waals surface area contributed by atoms with Crippen molar-refractivity contribution < 1.29 is 19.1 Å². The summed E-state index contributed by atoms with van der Waals surface area (Å²) in [6.45, 7) is 7.12. The molecule has 2 rings (SSSR count). The molecule has 0 spiro atoms. The zero-order chi connectivity index (χ0) is 20.7. The zero-order valence-electron chi connectivity index (χ0n) is 17.3. The van der Waals surface area contributed by atoms with Gasteiger partial charge in [0, 0.05) is 24.9 Å². The monoisotopic (exact) mass is 387 g/mol. The van der Waals surface area contributed by atoms with E-state index < -0.39 is 5.60 Å². The molecule has 7 nitrogen and oxygen atoms in total. The number of carbonyl (C=O) groups is 2. The second-order valence-electron chi connectivity index (χ2n) is 7.78. The summed E-state index contributed by atoms with van der Waals surface area (Å²) in [7, 11) is 1.56. The quantitative estimate of drug-likeness (QED) is 0.612. The number of aryl methyl sites for hydroxylation is 1. The fraction of sp³-hybridized carbons (Fsp3) is 0.524. The van der Waals surface area contributed by atoms with Crippen LogP contribution in [0.25, 0.3) is 0 Å². The molecule has 0 aromatic carbocycles. The average molecular weight is 387 g/mol. The Bertz CT molecular complexity index is 791. The van der Waals surface area contributed by atoms with Crippen LogP contribution in [0.2, 0.25) is 0 Å². The van der Waals surface area contributed by atoms with E-state index >= 15 is 0 Å². The molecule has 2 heterocycles. The minimum atomic E-state index is -0.554. The van der Waals surface area contributed by atoms with Gasteiger partial charge in [-0.2, -0.15) is 5.10 Å². The van der Waals surface area contributed by atoms with Gasteiger partial charge >= 0.3 is 5.97 Å². The van der Waals surface area contributed by atoms with Gasteiger partial charge in [-0.3, -0.25) is 9.48 Å². The normalized spacial score (nSPS) is 12.5. The van der Waals surface area contributed by atoms with Gasteiger partial charge in [-0.15, -0.1) is 0 Å². The Morgan fingerprint density at radius 1 is 1.21 bits per heavy atom. The molecule has 0 aliphatic carbocycles. The Hall–Kier alpha value is -2.70. The molecule has 28 heavy (non-hydrogen) atoms. The molecule has 1 unspecified atom stereocenters. The van der Waals surface area contributed by atoms with Gasteiger partial charge in [0.15, 0.2) is 0 Å². The lowest BCUT2D eigenvalue weighted by Gasteiger charge is -2.23. The van der Waals surface area contributed by atoms with E-state index in [1.54, 1.807) is 31.0 Å². The zero-order valence-corrected chi connectivity index (χ0v) is 17.3. The van der Waals surface area contributed by atoms with Crippen LogP contribution in [0, 0.1) is 0 Å². The first kappa shape index (κ1) is 21.6. The fourth-order valence-corrected chi connectivity index (χ4v) is 2.82. The van der Waals surface area contributed by atoms with E-state index in [0.717, 1.165) is 17.7 Å². The van der Waals surface area contributed by atoms with Crippen molar-refractivity contribution in [2.24, 2.45) is 0 Å². The maximum atomic E-state index is 12.4. The molecule has 152 valence electrons. The number of hydrogen-bond donors (Lipinski definition) is 0. The number of ketones is 1. The summed E-state index contributed by atoms with van der Waals surface area (Å²) in [5.41, 5.74) is 1.17. The van der Waals surface area contributed by atoms with Gasteiger partial charge < -0.3 is 14.3 Å². The van der Waals surface area contributed by atoms with E-state index in [1.807, 2.05) is 39.1 Å². The molecule has 0 saturated carbocycles. The maximum Gasteiger partial charge on any atom is 0.308 e. The minimum Gasteiger partial charge on any atom is -0.481 e. The van der Waals surface area contributed by atoms with Gasteiger partial charge in [0.05, 0.1) is 25.3 Å². The van der Waals surface area contributed by atoms with E-state index in [0.29, 0.717) is 18.7 Å². The fourth-order valence-electron chi connectivity index (χ4n) is 2.82. The first-order valence-electron chi connectivity index (χ1n) is 9.43. The highest BCUT2D eigenvalue weighted by Crippen LogP contribution is 2.24. The Kier molecular flexibility index (Phi) is 7.31. The minimum absolute atomic E-state index is 0.139. The van der Waals surface area contributed by atoms with E-state index in [2.05, 4.69) is 10.1 Å². The predicted octanol–water partition coefficient (Wildman–Crippen LogP) is 3.52. The van der Waals surface area contributed by atoms with Crippen molar-refractivity contribution in [3.05, 3.63) is 41.9 Å². The van der Waals surface area contributed by atoms with Gasteiger partial charge in [0.25, 0.3) is 0 Å². The third kappa shape index (κ3) is 6.79. The van der Waals surface area contributed by atoms with Gasteiger partial charge in [-0.25, -0.2) is 4.98 Å². The third-order valence-corrected chi connectivity index (χ3v) is 4.08. The van der Waals surface area contributed by atoms with Crippen molar-refractivity contribution in [3.63, 3.8) is 0 Å². The second kappa shape index (κ2) is 9.48. The van der Waals surface area contributed by atoms with Crippen LogP contribution < -0.4 is 4.74 Å². The van der Waals surface area contributed by atoms with Crippen molar-refractivity contribution in [1.29, 1.82) is 0 Å². The first-order valence-corrected chi connectivity index (χ1v) is 9.43. The van der Waals surface area contributed by atoms with Gasteiger partial charge in [0.2, 0.25) is 5.88 Å². The number of ether oxygens (including phenoxy) is 2. The molecular formula is C21H29N3O4. The lowest BCUT2D eigenvalue weighted by atomic mass is 10.1. The number of pyridine rings is 1. The van der Waals surface area contributed by atoms with Gasteiger partial charge in [-0.1, -0.05) is 0 Å². The molecular weight excluding hydrogens is 358 g/mol. The van der Waals surface area contributed by atoms with Gasteiger partial charge in [-0.05, 0) is 58.2 Å². The van der Waals surface area contributed by atoms with Crippen molar-refractivity contribution in [2.75, 3.05) is 7.11 Å². The molecule has 0 bridgehead atoms. The van der Waals surface area contributed by atoms with Crippen LogP contribution in [0.1, 0.15) is 64.3 Å². The Balaban J connectivity index is 2.21. The summed E-state index contributed by atoms with van der Waals surface area (Å²) >= 11 is 0. The Morgan fingerprint density at radius 3 is 2.54 bits per heavy atom. The standard InChI is InChI=1S/C21H29N3O4/c1-15(25)7-6-8-17-11-12-24(23-17)18(13-20(26)28-21(2,3)4)16-9-10-19(27-5)22-14-16/h9-12,14,18H,6-8,13H2,1-5H3. The topological polar surface area (TPSA) is 83.3 Å². The number of hydrogen-bond acceptors (Lipinski definition) is 6. The highest BCUT2D eigenvalue weighted by molar-refractivity contribution is 5.75. The number of rotatable bonds is 9. The molecule has 0 aliphatic rings. The first-order chi connectivity index (χ1) is 13.2. The molecule has 0 N–H and O–H groups in total. The van der Waals surface area contributed by atoms with Crippen LogP contribution in [0.3, 0.4) is 0 Å².